The number of phenols is 1. The average molecular weight is 1170 g/mol. The lowest BCUT2D eigenvalue weighted by atomic mass is 9.80. The predicted octanol–water partition coefficient (Wildman–Crippen LogP) is 7.84. The number of hydrogen-bond acceptors (Lipinski definition) is 15. The number of halogens is 3. The molecular formula is C63H74F3N11O6S. The van der Waals surface area contributed by atoms with Crippen LogP contribution in [0.5, 0.6) is 11.8 Å². The summed E-state index contributed by atoms with van der Waals surface area (Å²) in [6.07, 6.45) is 11.1. The number of likely N-dealkylation sites (tertiary alicyclic amines) is 3. The van der Waals surface area contributed by atoms with Crippen LogP contribution in [0.15, 0.2) is 60.2 Å². The van der Waals surface area contributed by atoms with E-state index in [9.17, 15) is 24.6 Å². The summed E-state index contributed by atoms with van der Waals surface area (Å²) in [5, 5.41) is 32.2. The van der Waals surface area contributed by atoms with Gasteiger partial charge in [-0.1, -0.05) is 57.0 Å². The molecule has 0 radical (unpaired) electrons. The molecule has 0 saturated carbocycles. The third-order valence-electron chi connectivity index (χ3n) is 17.8. The highest BCUT2D eigenvalue weighted by molar-refractivity contribution is 7.13. The van der Waals surface area contributed by atoms with Crippen LogP contribution in [0.2, 0.25) is 0 Å². The molecule has 5 aliphatic rings. The molecule has 6 atom stereocenters. The number of aliphatic hydroxyl groups excluding tert-OH is 1. The number of piperazine rings is 1. The SMILES string of the molecule is C#Cc1c(F)ccc2cc(O)cc(-c3ncc4c(N5CC6CCC(C5)N6)nc(OCCN5CCC(CC6(F)CCN(CC(=O)NC(C(=O)N7C[C@H](O)C[C@H]7C(=O)NC(C)c7ccc(-c8scnc8C)cc7)C(C)(C)C)CC6)CC5)nc4c3F)c12. The zero-order chi connectivity index (χ0) is 59.2. The second-order valence-electron chi connectivity index (χ2n) is 24.9. The number of carbonyl (C=O) groups excluding carboxylic acids is 3. The lowest BCUT2D eigenvalue weighted by Crippen LogP contribution is -2.59. The van der Waals surface area contributed by atoms with Crippen molar-refractivity contribution in [2.75, 3.05) is 70.4 Å². The summed E-state index contributed by atoms with van der Waals surface area (Å²) in [5.41, 5.74) is 2.44. The quantitative estimate of drug-likeness (QED) is 0.0587. The Hall–Kier alpha value is -6.96. The number of fused-ring (bicyclic) bond motifs is 4. The van der Waals surface area contributed by atoms with Gasteiger partial charge in [0.25, 0.3) is 0 Å². The molecule has 5 N–H and O–H groups in total. The van der Waals surface area contributed by atoms with Gasteiger partial charge in [0.1, 0.15) is 53.0 Å². The van der Waals surface area contributed by atoms with Crippen LogP contribution in [0.3, 0.4) is 0 Å². The molecule has 8 heterocycles. The smallest absolute Gasteiger partial charge is 0.319 e. The van der Waals surface area contributed by atoms with E-state index in [1.54, 1.807) is 11.3 Å². The molecule has 5 aliphatic heterocycles. The largest absolute Gasteiger partial charge is 0.508 e. The Morgan fingerprint density at radius 1 is 0.952 bits per heavy atom. The highest BCUT2D eigenvalue weighted by atomic mass is 32.1. The number of aryl methyl sites for hydroxylation is 1. The Labute approximate surface area is 491 Å². The topological polar surface area (TPSA) is 202 Å². The number of β-amino-alcohol motifs (C(OH)–C–C–N with tert-alkyl or cyclic N) is 1. The van der Waals surface area contributed by atoms with Gasteiger partial charge in [0.2, 0.25) is 17.7 Å². The van der Waals surface area contributed by atoms with E-state index in [-0.39, 0.29) is 114 Å². The van der Waals surface area contributed by atoms with Gasteiger partial charge in [-0.05, 0) is 118 Å². The number of thiazole rings is 1. The van der Waals surface area contributed by atoms with E-state index in [1.807, 2.05) is 69.3 Å². The number of pyridine rings is 1. The minimum Gasteiger partial charge on any atom is -0.508 e. The molecule has 5 fully saturated rings. The van der Waals surface area contributed by atoms with Crippen LogP contribution >= 0.6 is 11.3 Å². The molecule has 3 aromatic heterocycles. The molecule has 2 bridgehead atoms. The van der Waals surface area contributed by atoms with Gasteiger partial charge in [-0.3, -0.25) is 29.2 Å². The van der Waals surface area contributed by atoms with Gasteiger partial charge < -0.3 is 40.7 Å². The third-order valence-corrected chi connectivity index (χ3v) is 18.8. The number of nitrogens with one attached hydrogen (secondary N) is 3. The van der Waals surface area contributed by atoms with Crippen molar-refractivity contribution in [2.24, 2.45) is 11.3 Å². The maximum absolute atomic E-state index is 17.1. The number of ether oxygens (including phenoxy) is 1. The Kier molecular flexibility index (Phi) is 16.9. The summed E-state index contributed by atoms with van der Waals surface area (Å²) in [6.45, 7) is 13.7. The van der Waals surface area contributed by atoms with Crippen LogP contribution in [0.4, 0.5) is 19.0 Å². The van der Waals surface area contributed by atoms with E-state index in [0.29, 0.717) is 55.7 Å². The van der Waals surface area contributed by atoms with Gasteiger partial charge in [0.05, 0.1) is 45.7 Å². The standard InChI is InChI=1S/C63H74F3N11O6S/c1-7-46-49(64)15-12-41-26-44(78)27-47(52(41)46)54-53(65)55-48(30-67-54)58(76-31-42-13-14-43(32-76)70-42)73-61(72-55)83-25-24-74-20-16-38(17-21-74)29-63(66)18-22-75(23-19-63)34-51(80)71-57(62(4,5)6)60(82)77-33-45(79)28-50(77)59(81)69-36(2)39-8-10-40(11-9-39)56-37(3)68-35-84-56/h1,8-12,15,26-27,30,35-36,38,42-43,45,50,57,70,78-79H,13-14,16-25,28-29,31-34H2,2-6H3,(H,69,81)(H,71,80)/t36?,42?,43?,45-,50+,57?/m1/s1. The third kappa shape index (κ3) is 12.6. The van der Waals surface area contributed by atoms with Crippen LogP contribution in [0, 0.1) is 42.2 Å². The predicted molar refractivity (Wildman–Crippen MR) is 317 cm³/mol. The fourth-order valence-electron chi connectivity index (χ4n) is 13.2. The fourth-order valence-corrected chi connectivity index (χ4v) is 14.0. The summed E-state index contributed by atoms with van der Waals surface area (Å²) in [4.78, 5) is 69.1. The monoisotopic (exact) mass is 1170 g/mol. The van der Waals surface area contributed by atoms with Crippen molar-refractivity contribution in [1.29, 1.82) is 0 Å². The molecule has 3 aromatic carbocycles. The number of piperidine rings is 2. The molecule has 4 unspecified atom stereocenters. The normalized spacial score (nSPS) is 22.0. The number of phenolic OH excluding ortho intramolecular Hbond substituents is 1. The fraction of sp³-hybridized carbons (Fsp3) is 0.508. The van der Waals surface area contributed by atoms with E-state index in [2.05, 4.69) is 46.6 Å². The number of anilines is 1. The van der Waals surface area contributed by atoms with E-state index >= 15 is 13.2 Å². The molecule has 84 heavy (non-hydrogen) atoms. The Morgan fingerprint density at radius 3 is 2.36 bits per heavy atom. The molecule has 11 rings (SSSR count). The Bertz CT molecular complexity index is 3470. The van der Waals surface area contributed by atoms with Crippen LogP contribution in [-0.4, -0.2) is 164 Å². The van der Waals surface area contributed by atoms with E-state index in [1.165, 1.54) is 35.4 Å². The van der Waals surface area contributed by atoms with Crippen LogP contribution in [0.25, 0.3) is 43.4 Å². The first kappa shape index (κ1) is 58.8. The average Bonchev–Trinajstić information content (AvgIpc) is 3.63. The maximum atomic E-state index is 17.1. The molecule has 0 spiro atoms. The number of aromatic hydroxyl groups is 1. The number of amides is 3. The maximum Gasteiger partial charge on any atom is 0.319 e. The van der Waals surface area contributed by atoms with Crippen molar-refractivity contribution in [1.82, 2.24) is 50.6 Å². The Morgan fingerprint density at radius 2 is 1.68 bits per heavy atom. The zero-order valence-corrected chi connectivity index (χ0v) is 49.1. The van der Waals surface area contributed by atoms with Crippen molar-refractivity contribution in [3.63, 3.8) is 0 Å². The minimum absolute atomic E-state index is 0.000812. The summed E-state index contributed by atoms with van der Waals surface area (Å²) in [7, 11) is 0. The number of rotatable bonds is 16. The number of aliphatic hydroxyl groups is 1. The molecule has 444 valence electrons. The number of terminal acetylenes is 1. The lowest BCUT2D eigenvalue weighted by molar-refractivity contribution is -0.144. The second-order valence-corrected chi connectivity index (χ2v) is 25.7. The second kappa shape index (κ2) is 24.2. The number of carbonyl (C=O) groups is 3. The zero-order valence-electron chi connectivity index (χ0n) is 48.3. The number of aromatic nitrogens is 4. The summed E-state index contributed by atoms with van der Waals surface area (Å²) in [6, 6.07) is 11.6. The van der Waals surface area contributed by atoms with Crippen molar-refractivity contribution in [3.05, 3.63) is 88.7 Å². The highest BCUT2D eigenvalue weighted by Crippen LogP contribution is 2.41. The van der Waals surface area contributed by atoms with Gasteiger partial charge in [-0.2, -0.15) is 9.97 Å². The molecule has 0 aliphatic carbocycles. The van der Waals surface area contributed by atoms with Crippen molar-refractivity contribution < 1.29 is 42.5 Å². The summed E-state index contributed by atoms with van der Waals surface area (Å²) < 4.78 is 55.0. The van der Waals surface area contributed by atoms with E-state index in [4.69, 9.17) is 16.1 Å². The molecule has 3 amide bonds. The lowest BCUT2D eigenvalue weighted by Gasteiger charge is -2.40. The first-order valence-corrected chi connectivity index (χ1v) is 30.2. The Balaban J connectivity index is 0.666. The molecule has 6 aromatic rings. The molecule has 17 nitrogen and oxygen atoms in total. The number of benzene rings is 3. The summed E-state index contributed by atoms with van der Waals surface area (Å²) >= 11 is 1.57. The number of nitrogens with zero attached hydrogens (tertiary/aromatic N) is 8. The number of alkyl halides is 1. The van der Waals surface area contributed by atoms with Gasteiger partial charge in [0, 0.05) is 74.9 Å². The highest BCUT2D eigenvalue weighted by Gasteiger charge is 2.46. The first-order chi connectivity index (χ1) is 40.2. The minimum atomic E-state index is -1.38. The van der Waals surface area contributed by atoms with Gasteiger partial charge in [-0.25, -0.2) is 18.2 Å². The van der Waals surface area contributed by atoms with Gasteiger partial charge in [0.15, 0.2) is 5.82 Å². The summed E-state index contributed by atoms with van der Waals surface area (Å²) in [5.74, 6) is 0.261. The molecule has 21 heteroatoms. The number of hydrogen-bond donors (Lipinski definition) is 5. The molecule has 5 saturated heterocycles. The molecular weight excluding hydrogens is 1100 g/mol. The van der Waals surface area contributed by atoms with Crippen molar-refractivity contribution in [2.45, 2.75) is 128 Å². The van der Waals surface area contributed by atoms with E-state index < -0.39 is 46.8 Å². The van der Waals surface area contributed by atoms with Crippen molar-refractivity contribution in [3.8, 4) is 45.8 Å². The van der Waals surface area contributed by atoms with E-state index in [0.717, 1.165) is 60.5 Å². The van der Waals surface area contributed by atoms with Gasteiger partial charge >= 0.3 is 6.01 Å². The van der Waals surface area contributed by atoms with Crippen LogP contribution in [0.1, 0.15) is 102 Å². The van der Waals surface area contributed by atoms with Crippen LogP contribution in [-0.2, 0) is 14.4 Å². The van der Waals surface area contributed by atoms with Crippen LogP contribution < -0.4 is 25.6 Å². The first-order valence-electron chi connectivity index (χ1n) is 29.4. The van der Waals surface area contributed by atoms with Gasteiger partial charge in [-0.15, -0.1) is 17.8 Å². The van der Waals surface area contributed by atoms with Crippen molar-refractivity contribution >= 4 is 56.6 Å².